The van der Waals surface area contributed by atoms with E-state index in [9.17, 15) is 0 Å². The van der Waals surface area contributed by atoms with Crippen molar-refractivity contribution in [3.05, 3.63) is 21.3 Å². The van der Waals surface area contributed by atoms with Crippen molar-refractivity contribution in [1.82, 2.24) is 0 Å². The first kappa shape index (κ1) is 12.0. The predicted molar refractivity (Wildman–Crippen MR) is 64.9 cm³/mol. The average Bonchev–Trinajstić information content (AvgIpc) is 2.52. The first-order chi connectivity index (χ1) is 6.63. The molecule has 2 N–H and O–H groups in total. The van der Waals surface area contributed by atoms with Gasteiger partial charge in [0, 0.05) is 10.9 Å². The molecule has 0 aliphatic carbocycles. The van der Waals surface area contributed by atoms with Gasteiger partial charge in [-0.2, -0.15) is 0 Å². The Morgan fingerprint density at radius 3 is 2.71 bits per heavy atom. The van der Waals surface area contributed by atoms with Crippen LogP contribution in [0.1, 0.15) is 44.0 Å². The van der Waals surface area contributed by atoms with Crippen LogP contribution in [0.4, 0.5) is 0 Å². The van der Waals surface area contributed by atoms with E-state index in [1.54, 1.807) is 11.3 Å². The van der Waals surface area contributed by atoms with Crippen molar-refractivity contribution in [2.45, 2.75) is 39.2 Å². The summed E-state index contributed by atoms with van der Waals surface area (Å²) in [6, 6.07) is 4.12. The van der Waals surface area contributed by atoms with Gasteiger partial charge in [0.25, 0.3) is 0 Å². The van der Waals surface area contributed by atoms with E-state index >= 15 is 0 Å². The third-order valence-corrected chi connectivity index (χ3v) is 3.76. The third-order valence-electron chi connectivity index (χ3n) is 2.40. The van der Waals surface area contributed by atoms with E-state index in [1.165, 1.54) is 17.7 Å². The summed E-state index contributed by atoms with van der Waals surface area (Å²) in [5.41, 5.74) is 6.09. The molecule has 0 fully saturated rings. The van der Waals surface area contributed by atoms with Gasteiger partial charge in [-0.25, -0.2) is 0 Å². The van der Waals surface area contributed by atoms with Crippen molar-refractivity contribution in [1.29, 1.82) is 0 Å². The Morgan fingerprint density at radius 2 is 2.21 bits per heavy atom. The summed E-state index contributed by atoms with van der Waals surface area (Å²) >= 11 is 7.46. The molecule has 1 rings (SSSR count). The molecule has 0 bridgehead atoms. The van der Waals surface area contributed by atoms with E-state index in [4.69, 9.17) is 17.3 Å². The number of hydrogen-bond acceptors (Lipinski definition) is 2. The molecule has 0 saturated heterocycles. The molecule has 14 heavy (non-hydrogen) atoms. The van der Waals surface area contributed by atoms with Crippen LogP contribution < -0.4 is 5.73 Å². The highest BCUT2D eigenvalue weighted by molar-refractivity contribution is 7.16. The van der Waals surface area contributed by atoms with Gasteiger partial charge in [0.05, 0.1) is 4.34 Å². The van der Waals surface area contributed by atoms with Gasteiger partial charge in [0.1, 0.15) is 0 Å². The van der Waals surface area contributed by atoms with Crippen molar-refractivity contribution in [3.63, 3.8) is 0 Å². The second kappa shape index (κ2) is 5.74. The zero-order chi connectivity index (χ0) is 10.6. The summed E-state index contributed by atoms with van der Waals surface area (Å²) in [5, 5.41) is 0. The first-order valence-corrected chi connectivity index (χ1v) is 6.33. The summed E-state index contributed by atoms with van der Waals surface area (Å²) in [7, 11) is 0. The lowest BCUT2D eigenvalue weighted by atomic mass is 9.97. The number of thiophene rings is 1. The molecule has 1 aromatic rings. The van der Waals surface area contributed by atoms with Crippen LogP contribution in [0.25, 0.3) is 0 Å². The maximum atomic E-state index is 6.09. The molecular formula is C11H18ClNS. The molecule has 0 radical (unpaired) electrons. The molecule has 2 atom stereocenters. The highest BCUT2D eigenvalue weighted by Gasteiger charge is 2.12. The summed E-state index contributed by atoms with van der Waals surface area (Å²) in [6.45, 7) is 4.47. The number of nitrogens with two attached hydrogens (primary N) is 1. The fourth-order valence-corrected chi connectivity index (χ4v) is 2.76. The van der Waals surface area contributed by atoms with Gasteiger partial charge in [0.2, 0.25) is 0 Å². The fourth-order valence-electron chi connectivity index (χ4n) is 1.69. The van der Waals surface area contributed by atoms with Crippen LogP contribution in [0.3, 0.4) is 0 Å². The standard InChI is InChI=1S/C11H18ClNS/c1-3-4-8(2)7-9(13)10-5-6-11(12)14-10/h5-6,8-9H,3-4,7,13H2,1-2H3. The second-order valence-electron chi connectivity index (χ2n) is 3.88. The lowest BCUT2D eigenvalue weighted by molar-refractivity contribution is 0.443. The molecule has 0 amide bonds. The summed E-state index contributed by atoms with van der Waals surface area (Å²) in [6.07, 6.45) is 3.55. The van der Waals surface area contributed by atoms with Crippen LogP contribution >= 0.6 is 22.9 Å². The molecule has 1 aromatic heterocycles. The summed E-state index contributed by atoms with van der Waals surface area (Å²) in [5.74, 6) is 0.705. The van der Waals surface area contributed by atoms with Gasteiger partial charge >= 0.3 is 0 Å². The SMILES string of the molecule is CCCC(C)CC(N)c1ccc(Cl)s1. The topological polar surface area (TPSA) is 26.0 Å². The monoisotopic (exact) mass is 231 g/mol. The van der Waals surface area contributed by atoms with E-state index in [1.807, 2.05) is 12.1 Å². The van der Waals surface area contributed by atoms with Gasteiger partial charge in [-0.05, 0) is 24.5 Å². The van der Waals surface area contributed by atoms with Crippen LogP contribution in [0.2, 0.25) is 4.34 Å². The minimum atomic E-state index is 0.161. The molecule has 0 saturated carbocycles. The van der Waals surface area contributed by atoms with E-state index < -0.39 is 0 Å². The number of halogens is 1. The van der Waals surface area contributed by atoms with Gasteiger partial charge in [0.15, 0.2) is 0 Å². The maximum Gasteiger partial charge on any atom is 0.0931 e. The molecule has 0 aliphatic heterocycles. The summed E-state index contributed by atoms with van der Waals surface area (Å²) in [4.78, 5) is 1.21. The van der Waals surface area contributed by atoms with Gasteiger partial charge in [-0.1, -0.05) is 38.3 Å². The van der Waals surface area contributed by atoms with Crippen molar-refractivity contribution < 1.29 is 0 Å². The smallest absolute Gasteiger partial charge is 0.0931 e. The van der Waals surface area contributed by atoms with Crippen molar-refractivity contribution in [3.8, 4) is 0 Å². The van der Waals surface area contributed by atoms with Crippen molar-refractivity contribution >= 4 is 22.9 Å². The van der Waals surface area contributed by atoms with E-state index in [0.717, 1.165) is 10.8 Å². The predicted octanol–water partition coefficient (Wildman–Crippen LogP) is 4.23. The highest BCUT2D eigenvalue weighted by Crippen LogP contribution is 2.29. The summed E-state index contributed by atoms with van der Waals surface area (Å²) < 4.78 is 0.832. The molecule has 0 aliphatic rings. The Hall–Kier alpha value is -0.0500. The van der Waals surface area contributed by atoms with Crippen LogP contribution in [-0.2, 0) is 0 Å². The van der Waals surface area contributed by atoms with Crippen molar-refractivity contribution in [2.75, 3.05) is 0 Å². The second-order valence-corrected chi connectivity index (χ2v) is 5.62. The fraction of sp³-hybridized carbons (Fsp3) is 0.636. The third kappa shape index (κ3) is 3.60. The lowest BCUT2D eigenvalue weighted by Gasteiger charge is -2.15. The van der Waals surface area contributed by atoms with Gasteiger partial charge < -0.3 is 5.73 Å². The minimum Gasteiger partial charge on any atom is -0.323 e. The van der Waals surface area contributed by atoms with Crippen LogP contribution in [0, 0.1) is 5.92 Å². The zero-order valence-electron chi connectivity index (χ0n) is 8.79. The Balaban J connectivity index is 2.45. The highest BCUT2D eigenvalue weighted by atomic mass is 35.5. The number of hydrogen-bond donors (Lipinski definition) is 1. The van der Waals surface area contributed by atoms with E-state index in [-0.39, 0.29) is 6.04 Å². The first-order valence-electron chi connectivity index (χ1n) is 5.14. The molecule has 1 heterocycles. The Labute approximate surface area is 95.3 Å². The Kier molecular flexibility index (Phi) is 4.93. The van der Waals surface area contributed by atoms with Crippen LogP contribution in [0.5, 0.6) is 0 Å². The maximum absolute atomic E-state index is 6.09. The molecule has 80 valence electrons. The molecule has 0 spiro atoms. The minimum absolute atomic E-state index is 0.161. The molecule has 0 aromatic carbocycles. The number of rotatable bonds is 5. The average molecular weight is 232 g/mol. The molecule has 2 unspecified atom stereocenters. The van der Waals surface area contributed by atoms with Gasteiger partial charge in [-0.15, -0.1) is 11.3 Å². The lowest BCUT2D eigenvalue weighted by Crippen LogP contribution is -2.12. The van der Waals surface area contributed by atoms with Crippen molar-refractivity contribution in [2.24, 2.45) is 11.7 Å². The zero-order valence-corrected chi connectivity index (χ0v) is 10.4. The molecule has 3 heteroatoms. The van der Waals surface area contributed by atoms with E-state index in [0.29, 0.717) is 5.92 Å². The normalized spacial score (nSPS) is 15.4. The Bertz CT molecular complexity index is 272. The largest absolute Gasteiger partial charge is 0.323 e. The van der Waals surface area contributed by atoms with Crippen LogP contribution in [-0.4, -0.2) is 0 Å². The quantitative estimate of drug-likeness (QED) is 0.807. The van der Waals surface area contributed by atoms with E-state index in [2.05, 4.69) is 13.8 Å². The Morgan fingerprint density at radius 1 is 1.50 bits per heavy atom. The molecule has 1 nitrogen and oxygen atoms in total. The van der Waals surface area contributed by atoms with Gasteiger partial charge in [-0.3, -0.25) is 0 Å². The van der Waals surface area contributed by atoms with Crippen LogP contribution in [0.15, 0.2) is 12.1 Å². The molecular weight excluding hydrogens is 214 g/mol.